The molecule has 0 saturated carbocycles. The Hall–Kier alpha value is -2.11. The number of rotatable bonds is 4. The van der Waals surface area contributed by atoms with Gasteiger partial charge in [-0.05, 0) is 67.9 Å². The average molecular weight is 428 g/mol. The molecule has 0 bridgehead atoms. The number of benzene rings is 2. The molecule has 27 heavy (non-hydrogen) atoms. The molecule has 1 heterocycles. The summed E-state index contributed by atoms with van der Waals surface area (Å²) in [6.07, 6.45) is 3.40. The lowest BCUT2D eigenvalue weighted by molar-refractivity contribution is -0.111. The summed E-state index contributed by atoms with van der Waals surface area (Å²) in [7, 11) is 2.16. The number of hydrogen-bond donors (Lipinski definition) is 1. The van der Waals surface area contributed by atoms with Gasteiger partial charge in [-0.1, -0.05) is 28.1 Å². The van der Waals surface area contributed by atoms with Crippen molar-refractivity contribution in [2.24, 2.45) is 0 Å². The van der Waals surface area contributed by atoms with E-state index in [0.29, 0.717) is 0 Å². The molecule has 3 rings (SSSR count). The van der Waals surface area contributed by atoms with E-state index in [2.05, 4.69) is 50.2 Å². The summed E-state index contributed by atoms with van der Waals surface area (Å²) in [6, 6.07) is 12.3. The van der Waals surface area contributed by atoms with Crippen LogP contribution in [0.15, 0.2) is 46.9 Å². The molecule has 0 radical (unpaired) electrons. The number of anilines is 2. The topological polar surface area (TPSA) is 35.6 Å². The number of nitrogens with zero attached hydrogens (tertiary/aromatic N) is 2. The van der Waals surface area contributed by atoms with Gasteiger partial charge in [0.05, 0.1) is 0 Å². The summed E-state index contributed by atoms with van der Waals surface area (Å²) in [5.41, 5.74) is 5.31. The quantitative estimate of drug-likeness (QED) is 0.730. The molecule has 0 spiro atoms. The van der Waals surface area contributed by atoms with E-state index in [1.54, 1.807) is 6.08 Å². The van der Waals surface area contributed by atoms with Crippen LogP contribution in [0, 0.1) is 13.8 Å². The monoisotopic (exact) mass is 427 g/mol. The van der Waals surface area contributed by atoms with E-state index >= 15 is 0 Å². The van der Waals surface area contributed by atoms with Crippen LogP contribution >= 0.6 is 15.9 Å². The third-order valence-corrected chi connectivity index (χ3v) is 5.59. The van der Waals surface area contributed by atoms with Crippen molar-refractivity contribution in [3.63, 3.8) is 0 Å². The van der Waals surface area contributed by atoms with Crippen LogP contribution in [0.25, 0.3) is 6.08 Å². The third kappa shape index (κ3) is 5.21. The Bertz CT molecular complexity index is 855. The molecule has 1 aliphatic heterocycles. The van der Waals surface area contributed by atoms with Crippen molar-refractivity contribution in [1.82, 2.24) is 4.90 Å². The smallest absolute Gasteiger partial charge is 0.248 e. The van der Waals surface area contributed by atoms with Crippen LogP contribution in [0.3, 0.4) is 0 Å². The Labute approximate surface area is 170 Å². The number of likely N-dealkylation sites (N-methyl/N-ethyl adjacent to an activating group) is 1. The number of halogens is 1. The highest BCUT2D eigenvalue weighted by atomic mass is 79.9. The predicted molar refractivity (Wildman–Crippen MR) is 117 cm³/mol. The summed E-state index contributed by atoms with van der Waals surface area (Å²) in [4.78, 5) is 17.0. The Morgan fingerprint density at radius 2 is 1.81 bits per heavy atom. The van der Waals surface area contributed by atoms with Gasteiger partial charge in [0.15, 0.2) is 0 Å². The first-order chi connectivity index (χ1) is 12.9. The van der Waals surface area contributed by atoms with Crippen molar-refractivity contribution in [3.05, 3.63) is 63.6 Å². The second-order valence-electron chi connectivity index (χ2n) is 7.14. The van der Waals surface area contributed by atoms with Crippen LogP contribution in [0.1, 0.15) is 16.7 Å². The van der Waals surface area contributed by atoms with Crippen LogP contribution in [-0.2, 0) is 4.79 Å². The zero-order valence-corrected chi connectivity index (χ0v) is 17.7. The molecular formula is C22H26BrN3O. The lowest BCUT2D eigenvalue weighted by Gasteiger charge is -2.34. The lowest BCUT2D eigenvalue weighted by atomic mass is 10.1. The van der Waals surface area contributed by atoms with Gasteiger partial charge in [-0.15, -0.1) is 0 Å². The summed E-state index contributed by atoms with van der Waals surface area (Å²) in [6.45, 7) is 8.31. The molecule has 1 saturated heterocycles. The van der Waals surface area contributed by atoms with Gasteiger partial charge in [-0.2, -0.15) is 0 Å². The highest BCUT2D eigenvalue weighted by Gasteiger charge is 2.15. The van der Waals surface area contributed by atoms with Crippen molar-refractivity contribution in [2.75, 3.05) is 43.4 Å². The molecule has 1 N–H and O–H groups in total. The molecule has 1 fully saturated rings. The molecule has 2 aromatic carbocycles. The highest BCUT2D eigenvalue weighted by molar-refractivity contribution is 9.10. The maximum absolute atomic E-state index is 12.3. The first-order valence-corrected chi connectivity index (χ1v) is 10.0. The number of amides is 1. The van der Waals surface area contributed by atoms with Gasteiger partial charge in [-0.3, -0.25) is 4.79 Å². The summed E-state index contributed by atoms with van der Waals surface area (Å²) < 4.78 is 0.985. The molecule has 0 atom stereocenters. The zero-order valence-electron chi connectivity index (χ0n) is 16.1. The van der Waals surface area contributed by atoms with Crippen molar-refractivity contribution in [3.8, 4) is 0 Å². The van der Waals surface area contributed by atoms with E-state index < -0.39 is 0 Å². The van der Waals surface area contributed by atoms with E-state index in [4.69, 9.17) is 0 Å². The molecule has 1 aliphatic rings. The zero-order chi connectivity index (χ0) is 19.4. The van der Waals surface area contributed by atoms with Gasteiger partial charge in [0, 0.05) is 48.1 Å². The van der Waals surface area contributed by atoms with E-state index in [-0.39, 0.29) is 5.91 Å². The van der Waals surface area contributed by atoms with Crippen molar-refractivity contribution >= 4 is 39.3 Å². The van der Waals surface area contributed by atoms with Crippen LogP contribution < -0.4 is 10.2 Å². The number of piperazine rings is 1. The van der Waals surface area contributed by atoms with Gasteiger partial charge in [0.1, 0.15) is 0 Å². The SMILES string of the molecule is Cc1ccc(/C=C/C(=O)Nc2ccc(N3CCN(C)CC3)cc2C)c(Br)c1. The molecule has 0 aromatic heterocycles. The number of nitrogens with one attached hydrogen (secondary N) is 1. The molecule has 5 heteroatoms. The van der Waals surface area contributed by atoms with Crippen LogP contribution in [-0.4, -0.2) is 44.0 Å². The van der Waals surface area contributed by atoms with Crippen LogP contribution in [0.4, 0.5) is 11.4 Å². The van der Waals surface area contributed by atoms with Gasteiger partial charge >= 0.3 is 0 Å². The van der Waals surface area contributed by atoms with Crippen molar-refractivity contribution < 1.29 is 4.79 Å². The molecule has 0 aliphatic carbocycles. The third-order valence-electron chi connectivity index (χ3n) is 4.91. The molecule has 1 amide bonds. The largest absolute Gasteiger partial charge is 0.369 e. The number of aryl methyl sites for hydroxylation is 2. The Kier molecular flexibility index (Phi) is 6.34. The lowest BCUT2D eigenvalue weighted by Crippen LogP contribution is -2.44. The fourth-order valence-corrected chi connectivity index (χ4v) is 3.78. The Morgan fingerprint density at radius 1 is 1.07 bits per heavy atom. The van der Waals surface area contributed by atoms with E-state index in [0.717, 1.165) is 47.5 Å². The molecule has 142 valence electrons. The minimum Gasteiger partial charge on any atom is -0.369 e. The fourth-order valence-electron chi connectivity index (χ4n) is 3.16. The molecule has 2 aromatic rings. The second-order valence-corrected chi connectivity index (χ2v) is 7.99. The standard InChI is InChI=1S/C22H26BrN3O/c1-16-4-5-18(20(23)14-16)6-9-22(27)24-21-8-7-19(15-17(21)2)26-12-10-25(3)11-13-26/h4-9,14-15H,10-13H2,1-3H3,(H,24,27)/b9-6+. The van der Waals surface area contributed by atoms with E-state index in [1.807, 2.05) is 44.2 Å². The fraction of sp³-hybridized carbons (Fsp3) is 0.318. The molecule has 0 unspecified atom stereocenters. The van der Waals surface area contributed by atoms with Gasteiger partial charge in [0.25, 0.3) is 0 Å². The minimum atomic E-state index is -0.127. The average Bonchev–Trinajstić information content (AvgIpc) is 2.63. The van der Waals surface area contributed by atoms with E-state index in [9.17, 15) is 4.79 Å². The Balaban J connectivity index is 1.64. The summed E-state index contributed by atoms with van der Waals surface area (Å²) >= 11 is 3.53. The normalized spacial score (nSPS) is 15.3. The highest BCUT2D eigenvalue weighted by Crippen LogP contribution is 2.24. The van der Waals surface area contributed by atoms with Gasteiger partial charge in [-0.25, -0.2) is 0 Å². The number of carbonyl (C=O) groups is 1. The van der Waals surface area contributed by atoms with E-state index in [1.165, 1.54) is 11.3 Å². The van der Waals surface area contributed by atoms with Gasteiger partial charge < -0.3 is 15.1 Å². The molecule has 4 nitrogen and oxygen atoms in total. The first kappa shape index (κ1) is 19.6. The van der Waals surface area contributed by atoms with Crippen LogP contribution in [0.5, 0.6) is 0 Å². The summed E-state index contributed by atoms with van der Waals surface area (Å²) in [5, 5.41) is 2.98. The Morgan fingerprint density at radius 3 is 2.48 bits per heavy atom. The second kappa shape index (κ2) is 8.72. The van der Waals surface area contributed by atoms with Gasteiger partial charge in [0.2, 0.25) is 5.91 Å². The van der Waals surface area contributed by atoms with Crippen LogP contribution in [0.2, 0.25) is 0 Å². The predicted octanol–water partition coefficient (Wildman–Crippen LogP) is 4.47. The molecular weight excluding hydrogens is 402 g/mol. The summed E-state index contributed by atoms with van der Waals surface area (Å²) in [5.74, 6) is -0.127. The number of hydrogen-bond acceptors (Lipinski definition) is 3. The maximum atomic E-state index is 12.3. The number of carbonyl (C=O) groups excluding carboxylic acids is 1. The van der Waals surface area contributed by atoms with Crippen molar-refractivity contribution in [2.45, 2.75) is 13.8 Å². The maximum Gasteiger partial charge on any atom is 0.248 e. The first-order valence-electron chi connectivity index (χ1n) is 9.22. The van der Waals surface area contributed by atoms with Crippen molar-refractivity contribution in [1.29, 1.82) is 0 Å². The minimum absolute atomic E-state index is 0.127.